The molecule has 0 spiro atoms. The van der Waals surface area contributed by atoms with E-state index in [1.807, 2.05) is 36.4 Å². The number of aromatic amines is 1. The molecule has 0 atom stereocenters. The first kappa shape index (κ1) is 18.0. The molecular weight excluding hydrogens is 352 g/mol. The monoisotopic (exact) mass is 372 g/mol. The van der Waals surface area contributed by atoms with Gasteiger partial charge in [-0.3, -0.25) is 10.1 Å². The number of nitrogens with zero attached hydrogens (tertiary/aromatic N) is 3. The minimum atomic E-state index is 0.562. The molecule has 0 aliphatic carbocycles. The van der Waals surface area contributed by atoms with Gasteiger partial charge in [0.2, 0.25) is 5.82 Å². The Morgan fingerprint density at radius 1 is 1.15 bits per heavy atom. The molecule has 0 bridgehead atoms. The fourth-order valence-corrected chi connectivity index (χ4v) is 2.69. The van der Waals surface area contributed by atoms with Crippen LogP contribution in [0, 0.1) is 0 Å². The maximum absolute atomic E-state index is 6.17. The summed E-state index contributed by atoms with van der Waals surface area (Å²) in [6.45, 7) is 1.42. The Balaban J connectivity index is 1.41. The van der Waals surface area contributed by atoms with Crippen LogP contribution >= 0.6 is 11.6 Å². The number of furan rings is 1. The van der Waals surface area contributed by atoms with Crippen molar-refractivity contribution in [3.05, 3.63) is 59.1 Å². The summed E-state index contributed by atoms with van der Waals surface area (Å²) < 4.78 is 5.28. The molecule has 0 saturated carbocycles. The Morgan fingerprint density at radius 3 is 2.69 bits per heavy atom. The standard InChI is InChI=1S/C18H21ClN6O/c1-20-18(21-10-8-13-5-2-3-6-14(13)19)22-11-9-16-23-17(25-24-16)15-7-4-12-26-15/h2-7,12H,8-11H2,1H3,(H2,20,21,22)(H,23,24,25). The summed E-state index contributed by atoms with van der Waals surface area (Å²) in [6, 6.07) is 11.5. The lowest BCUT2D eigenvalue weighted by Crippen LogP contribution is -2.39. The number of halogens is 1. The Bertz CT molecular complexity index is 843. The van der Waals surface area contributed by atoms with Crippen LogP contribution in [-0.4, -0.2) is 41.3 Å². The van der Waals surface area contributed by atoms with Crippen molar-refractivity contribution in [2.75, 3.05) is 20.1 Å². The summed E-state index contributed by atoms with van der Waals surface area (Å²) in [6.07, 6.45) is 3.12. The van der Waals surface area contributed by atoms with Crippen LogP contribution in [0.4, 0.5) is 0 Å². The van der Waals surface area contributed by atoms with Gasteiger partial charge in [0.1, 0.15) is 5.82 Å². The molecule has 0 unspecified atom stereocenters. The molecule has 2 aromatic heterocycles. The third-order valence-corrected chi connectivity index (χ3v) is 4.16. The van der Waals surface area contributed by atoms with Crippen LogP contribution in [-0.2, 0) is 12.8 Å². The number of rotatable bonds is 7. The van der Waals surface area contributed by atoms with Gasteiger partial charge < -0.3 is 15.1 Å². The number of aromatic nitrogens is 3. The van der Waals surface area contributed by atoms with Crippen LogP contribution in [0.5, 0.6) is 0 Å². The van der Waals surface area contributed by atoms with Crippen LogP contribution in [0.1, 0.15) is 11.4 Å². The van der Waals surface area contributed by atoms with Gasteiger partial charge in [0.05, 0.1) is 6.26 Å². The number of hydrogen-bond acceptors (Lipinski definition) is 4. The van der Waals surface area contributed by atoms with E-state index in [9.17, 15) is 0 Å². The minimum absolute atomic E-state index is 0.562. The molecule has 0 saturated heterocycles. The van der Waals surface area contributed by atoms with E-state index in [2.05, 4.69) is 30.8 Å². The highest BCUT2D eigenvalue weighted by Gasteiger charge is 2.08. The molecule has 0 amide bonds. The first-order valence-electron chi connectivity index (χ1n) is 8.39. The average Bonchev–Trinajstić information content (AvgIpc) is 3.33. The predicted molar refractivity (Wildman–Crippen MR) is 102 cm³/mol. The van der Waals surface area contributed by atoms with Crippen molar-refractivity contribution in [1.29, 1.82) is 0 Å². The molecule has 0 fully saturated rings. The summed E-state index contributed by atoms with van der Waals surface area (Å²) in [5, 5.41) is 14.4. The lowest BCUT2D eigenvalue weighted by molar-refractivity contribution is 0.577. The van der Waals surface area contributed by atoms with E-state index >= 15 is 0 Å². The normalized spacial score (nSPS) is 11.5. The maximum Gasteiger partial charge on any atom is 0.216 e. The van der Waals surface area contributed by atoms with E-state index < -0.39 is 0 Å². The third kappa shape index (κ3) is 4.86. The molecule has 3 rings (SSSR count). The first-order valence-corrected chi connectivity index (χ1v) is 8.77. The molecule has 7 nitrogen and oxygen atoms in total. The Morgan fingerprint density at radius 2 is 1.96 bits per heavy atom. The summed E-state index contributed by atoms with van der Waals surface area (Å²) in [5.41, 5.74) is 1.12. The molecule has 136 valence electrons. The van der Waals surface area contributed by atoms with Gasteiger partial charge in [-0.2, -0.15) is 5.10 Å². The second-order valence-corrected chi connectivity index (χ2v) is 6.01. The fourth-order valence-electron chi connectivity index (χ4n) is 2.46. The molecule has 0 aliphatic rings. The van der Waals surface area contributed by atoms with Gasteiger partial charge in [-0.15, -0.1) is 0 Å². The smallest absolute Gasteiger partial charge is 0.216 e. The maximum atomic E-state index is 6.17. The van der Waals surface area contributed by atoms with Gasteiger partial charge in [-0.25, -0.2) is 4.98 Å². The molecule has 0 aliphatic heterocycles. The zero-order chi connectivity index (χ0) is 18.2. The molecule has 8 heteroatoms. The molecule has 2 heterocycles. The Kier molecular flexibility index (Phi) is 6.27. The molecule has 3 aromatic rings. The van der Waals surface area contributed by atoms with Crippen LogP contribution < -0.4 is 10.6 Å². The summed E-state index contributed by atoms with van der Waals surface area (Å²) in [7, 11) is 1.74. The van der Waals surface area contributed by atoms with Crippen molar-refractivity contribution in [2.45, 2.75) is 12.8 Å². The van der Waals surface area contributed by atoms with Crippen molar-refractivity contribution in [1.82, 2.24) is 25.8 Å². The number of aliphatic imine (C=N–C) groups is 1. The topological polar surface area (TPSA) is 91.1 Å². The zero-order valence-corrected chi connectivity index (χ0v) is 15.3. The van der Waals surface area contributed by atoms with Crippen LogP contribution in [0.3, 0.4) is 0 Å². The van der Waals surface area contributed by atoms with Crippen LogP contribution in [0.15, 0.2) is 52.1 Å². The molecule has 3 N–H and O–H groups in total. The minimum Gasteiger partial charge on any atom is -0.461 e. The van der Waals surface area contributed by atoms with Crippen molar-refractivity contribution >= 4 is 17.6 Å². The van der Waals surface area contributed by atoms with Gasteiger partial charge >= 0.3 is 0 Å². The highest BCUT2D eigenvalue weighted by Crippen LogP contribution is 2.15. The highest BCUT2D eigenvalue weighted by atomic mass is 35.5. The van der Waals surface area contributed by atoms with Gasteiger partial charge in [-0.1, -0.05) is 29.8 Å². The van der Waals surface area contributed by atoms with Crippen molar-refractivity contribution in [3.63, 3.8) is 0 Å². The zero-order valence-electron chi connectivity index (χ0n) is 14.5. The summed E-state index contributed by atoms with van der Waals surface area (Å²) >= 11 is 6.17. The Hall–Kier alpha value is -2.80. The van der Waals surface area contributed by atoms with E-state index in [0.29, 0.717) is 24.6 Å². The largest absolute Gasteiger partial charge is 0.461 e. The third-order valence-electron chi connectivity index (χ3n) is 3.80. The van der Waals surface area contributed by atoms with Crippen molar-refractivity contribution in [2.24, 2.45) is 4.99 Å². The predicted octanol–water partition coefficient (Wildman–Crippen LogP) is 2.67. The quantitative estimate of drug-likeness (QED) is 0.438. The van der Waals surface area contributed by atoms with E-state index in [0.717, 1.165) is 35.3 Å². The van der Waals surface area contributed by atoms with Gasteiger partial charge in [0, 0.05) is 31.6 Å². The number of nitrogens with one attached hydrogen (secondary N) is 3. The van der Waals surface area contributed by atoms with Crippen molar-refractivity contribution < 1.29 is 4.42 Å². The molecule has 0 radical (unpaired) electrons. The fraction of sp³-hybridized carbons (Fsp3) is 0.278. The first-order chi connectivity index (χ1) is 12.8. The van der Waals surface area contributed by atoms with Crippen molar-refractivity contribution in [3.8, 4) is 11.6 Å². The molecular formula is C18H21ClN6O. The summed E-state index contributed by atoms with van der Waals surface area (Å²) in [4.78, 5) is 8.63. The van der Waals surface area contributed by atoms with E-state index in [-0.39, 0.29) is 0 Å². The second kappa shape index (κ2) is 9.05. The van der Waals surface area contributed by atoms with Crippen LogP contribution in [0.2, 0.25) is 5.02 Å². The SMILES string of the molecule is CN=C(NCCc1nc(-c2ccco2)n[nH]1)NCCc1ccccc1Cl. The van der Waals surface area contributed by atoms with Gasteiger partial charge in [0.15, 0.2) is 11.7 Å². The molecule has 26 heavy (non-hydrogen) atoms. The van der Waals surface area contributed by atoms with E-state index in [4.69, 9.17) is 16.0 Å². The number of hydrogen-bond donors (Lipinski definition) is 3. The van der Waals surface area contributed by atoms with Gasteiger partial charge in [0.25, 0.3) is 0 Å². The number of guanidine groups is 1. The highest BCUT2D eigenvalue weighted by molar-refractivity contribution is 6.31. The lowest BCUT2D eigenvalue weighted by atomic mass is 10.1. The lowest BCUT2D eigenvalue weighted by Gasteiger charge is -2.11. The van der Waals surface area contributed by atoms with E-state index in [1.165, 1.54) is 0 Å². The summed E-state index contributed by atoms with van der Waals surface area (Å²) in [5.74, 6) is 2.74. The average molecular weight is 373 g/mol. The Labute approximate surface area is 156 Å². The number of H-pyrrole nitrogens is 1. The number of benzene rings is 1. The molecule has 1 aromatic carbocycles. The second-order valence-electron chi connectivity index (χ2n) is 5.60. The van der Waals surface area contributed by atoms with Gasteiger partial charge in [-0.05, 0) is 30.2 Å². The van der Waals surface area contributed by atoms with Crippen LogP contribution in [0.25, 0.3) is 11.6 Å². The van der Waals surface area contributed by atoms with E-state index in [1.54, 1.807) is 13.3 Å².